The second kappa shape index (κ2) is 91.9. The van der Waals surface area contributed by atoms with E-state index in [-0.39, 0.29) is 88.3 Å². The average Bonchev–Trinajstić information content (AvgIpc) is 0. The molecule has 34 valence electrons. The van der Waals surface area contributed by atoms with Crippen molar-refractivity contribution in [1.82, 2.24) is 0 Å². The molecule has 0 aromatic heterocycles. The zero-order valence-electron chi connectivity index (χ0n) is 3.98. The average molecular weight is 172 g/mol. The second-order valence-corrected chi connectivity index (χ2v) is 0. The third kappa shape index (κ3) is 67.9. The fraction of sp³-hybridized carbons (Fsp3) is 0. The maximum absolute atomic E-state index is 0. The summed E-state index contributed by atoms with van der Waals surface area (Å²) in [6.45, 7) is 0. The van der Waals surface area contributed by atoms with Gasteiger partial charge in [-0.25, -0.2) is 0 Å². The number of rotatable bonds is 0. The van der Waals surface area contributed by atoms with Crippen molar-refractivity contribution in [2.24, 2.45) is 0 Å². The van der Waals surface area contributed by atoms with Gasteiger partial charge >= 0.3 is 71.9 Å². The number of hydrogen-bond donors (Lipinski definition) is 0. The van der Waals surface area contributed by atoms with E-state index in [9.17, 15) is 0 Å². The maximum atomic E-state index is 0. The fourth-order valence-electron chi connectivity index (χ4n) is 0. The summed E-state index contributed by atoms with van der Waals surface area (Å²) in [7, 11) is 0. The van der Waals surface area contributed by atoms with E-state index in [0.717, 1.165) is 0 Å². The van der Waals surface area contributed by atoms with E-state index in [1.54, 1.807) is 0 Å². The van der Waals surface area contributed by atoms with Gasteiger partial charge in [-0.15, -0.1) is 0 Å². The van der Waals surface area contributed by atoms with Crippen LogP contribution in [0.25, 0.3) is 0 Å². The molecule has 0 unspecified atom stereocenters. The van der Waals surface area contributed by atoms with Gasteiger partial charge in [-0.3, -0.25) is 0 Å². The molecule has 0 atom stereocenters. The molecule has 0 saturated heterocycles. The van der Waals surface area contributed by atoms with Crippen LogP contribution in [0.5, 0.6) is 0 Å². The fourth-order valence-corrected chi connectivity index (χ4v) is 0. The van der Waals surface area contributed by atoms with Crippen molar-refractivity contribution in [3.8, 4) is 0 Å². The van der Waals surface area contributed by atoms with Gasteiger partial charge in [-0.05, 0) is 0 Å². The van der Waals surface area contributed by atoms with Gasteiger partial charge in [-0.1, -0.05) is 0 Å². The van der Waals surface area contributed by atoms with Crippen LogP contribution in [0.2, 0.25) is 0 Å². The van der Waals surface area contributed by atoms with Crippen LogP contribution in [0.4, 0.5) is 0 Å². The minimum atomic E-state index is 0. The molecular weight excluding hydrogens is 172 g/mol. The summed E-state index contributed by atoms with van der Waals surface area (Å²) in [5.74, 6) is 0. The SMILES string of the molecule is [Li+].[Li+].[Mn+2].[Mn+2].[O-2].[O-2].[O-2]. The van der Waals surface area contributed by atoms with Gasteiger partial charge in [-0.2, -0.15) is 0 Å². The zero-order valence-corrected chi connectivity index (χ0v) is 6.34. The molecule has 0 spiro atoms. The summed E-state index contributed by atoms with van der Waals surface area (Å²) in [6.07, 6.45) is 0. The van der Waals surface area contributed by atoms with Crippen LogP contribution in [0, 0.1) is 0 Å². The molecule has 0 heterocycles. The van der Waals surface area contributed by atoms with E-state index < -0.39 is 0 Å². The molecule has 7 heteroatoms. The van der Waals surface area contributed by atoms with Crippen molar-refractivity contribution in [1.29, 1.82) is 0 Å². The molecule has 0 aliphatic rings. The van der Waals surface area contributed by atoms with E-state index in [1.165, 1.54) is 0 Å². The summed E-state index contributed by atoms with van der Waals surface area (Å²) in [5, 5.41) is 0. The van der Waals surface area contributed by atoms with Crippen LogP contribution in [0.15, 0.2) is 0 Å². The Labute approximate surface area is 87.6 Å². The van der Waals surface area contributed by atoms with Gasteiger partial charge in [0.25, 0.3) is 0 Å². The van der Waals surface area contributed by atoms with Crippen molar-refractivity contribution in [3.63, 3.8) is 0 Å². The van der Waals surface area contributed by atoms with Crippen molar-refractivity contribution in [3.05, 3.63) is 0 Å². The molecular formula is Li2Mn2O3. The smallest absolute Gasteiger partial charge is 2.00 e. The van der Waals surface area contributed by atoms with Crippen molar-refractivity contribution in [2.75, 3.05) is 0 Å². The van der Waals surface area contributed by atoms with E-state index in [2.05, 4.69) is 0 Å². The summed E-state index contributed by atoms with van der Waals surface area (Å²) in [4.78, 5) is 0. The van der Waals surface area contributed by atoms with Crippen LogP contribution in [0.1, 0.15) is 0 Å². The van der Waals surface area contributed by atoms with E-state index in [4.69, 9.17) is 0 Å². The van der Waals surface area contributed by atoms with E-state index in [1.807, 2.05) is 0 Å². The molecule has 7 heavy (non-hydrogen) atoms. The topological polar surface area (TPSA) is 85.5 Å². The molecule has 3 nitrogen and oxygen atoms in total. The minimum Gasteiger partial charge on any atom is -2.00 e. The molecule has 0 amide bonds. The van der Waals surface area contributed by atoms with Gasteiger partial charge in [0, 0.05) is 0 Å². The van der Waals surface area contributed by atoms with Gasteiger partial charge in [0.2, 0.25) is 0 Å². The molecule has 0 saturated carbocycles. The Balaban J connectivity index is 0. The molecule has 0 aromatic rings. The summed E-state index contributed by atoms with van der Waals surface area (Å²) in [6, 6.07) is 0. The number of hydrogen-bond acceptors (Lipinski definition) is 0. The first kappa shape index (κ1) is 134. The van der Waals surface area contributed by atoms with Crippen LogP contribution in [-0.2, 0) is 50.6 Å². The van der Waals surface area contributed by atoms with E-state index >= 15 is 0 Å². The second-order valence-electron chi connectivity index (χ2n) is 0. The third-order valence-corrected chi connectivity index (χ3v) is 0. The Morgan fingerprint density at radius 2 is 0.429 bits per heavy atom. The quantitative estimate of drug-likeness (QED) is 0.325. The van der Waals surface area contributed by atoms with Crippen molar-refractivity contribution >= 4 is 0 Å². The van der Waals surface area contributed by atoms with Crippen LogP contribution >= 0.6 is 0 Å². The Kier molecular flexibility index (Phi) is 1760. The minimum absolute atomic E-state index is 0. The first-order valence-corrected chi connectivity index (χ1v) is 0. The molecule has 0 N–H and O–H groups in total. The molecule has 0 aliphatic heterocycles. The predicted octanol–water partition coefficient (Wildman–Crippen LogP) is -6.35. The molecule has 0 fully saturated rings. The Bertz CT molecular complexity index is 10.9. The maximum Gasteiger partial charge on any atom is 2.00 e. The predicted molar refractivity (Wildman–Crippen MR) is 2.06 cm³/mol. The van der Waals surface area contributed by atoms with Gasteiger partial charge in [0.1, 0.15) is 0 Å². The largest absolute Gasteiger partial charge is 2.00 e. The molecule has 0 bridgehead atoms. The Hall–Kier alpha value is 2.11. The van der Waals surface area contributed by atoms with E-state index in [0.29, 0.717) is 0 Å². The standard InChI is InChI=1S/2Li.2Mn.3O/q2*+1;2*+2;3*-2. The van der Waals surface area contributed by atoms with Crippen LogP contribution in [0.3, 0.4) is 0 Å². The van der Waals surface area contributed by atoms with Crippen LogP contribution in [-0.4, -0.2) is 0 Å². The summed E-state index contributed by atoms with van der Waals surface area (Å²) < 4.78 is 0. The summed E-state index contributed by atoms with van der Waals surface area (Å²) in [5.41, 5.74) is 0. The monoisotopic (exact) mass is 172 g/mol. The first-order valence-electron chi connectivity index (χ1n) is 0. The Morgan fingerprint density at radius 3 is 0.429 bits per heavy atom. The van der Waals surface area contributed by atoms with Gasteiger partial charge in [0.05, 0.1) is 0 Å². The Morgan fingerprint density at radius 1 is 0.429 bits per heavy atom. The van der Waals surface area contributed by atoms with Gasteiger partial charge in [0.15, 0.2) is 0 Å². The summed E-state index contributed by atoms with van der Waals surface area (Å²) >= 11 is 0. The molecule has 0 rings (SSSR count). The van der Waals surface area contributed by atoms with Crippen LogP contribution < -0.4 is 37.7 Å². The van der Waals surface area contributed by atoms with Crippen molar-refractivity contribution in [2.45, 2.75) is 0 Å². The van der Waals surface area contributed by atoms with Crippen molar-refractivity contribution < 1.29 is 88.3 Å². The third-order valence-electron chi connectivity index (χ3n) is 0. The molecule has 2 radical (unpaired) electrons. The van der Waals surface area contributed by atoms with Gasteiger partial charge < -0.3 is 16.4 Å². The normalized spacial score (nSPS) is 0. The zero-order chi connectivity index (χ0) is 0. The molecule has 0 aliphatic carbocycles. The molecule has 0 aromatic carbocycles. The first-order chi connectivity index (χ1) is 0.